The van der Waals surface area contributed by atoms with E-state index in [2.05, 4.69) is 9.71 Å². The predicted octanol–water partition coefficient (Wildman–Crippen LogP) is 2.76. The van der Waals surface area contributed by atoms with Crippen molar-refractivity contribution in [2.45, 2.75) is 17.7 Å². The van der Waals surface area contributed by atoms with Crippen LogP contribution in [-0.4, -0.2) is 33.4 Å². The molecule has 2 aromatic carbocycles. The van der Waals surface area contributed by atoms with E-state index in [1.807, 2.05) is 30.3 Å². The number of thiazole rings is 1. The lowest BCUT2D eigenvalue weighted by atomic mass is 10.0. The Hall–Kier alpha value is -2.75. The Morgan fingerprint density at radius 1 is 1.14 bits per heavy atom. The Labute approximate surface area is 174 Å². The molecule has 1 amide bonds. The van der Waals surface area contributed by atoms with Gasteiger partial charge in [0, 0.05) is 26.2 Å². The van der Waals surface area contributed by atoms with Crippen LogP contribution in [0.5, 0.6) is 0 Å². The van der Waals surface area contributed by atoms with Crippen molar-refractivity contribution in [3.05, 3.63) is 65.4 Å². The quantitative estimate of drug-likeness (QED) is 0.623. The highest BCUT2D eigenvalue weighted by Gasteiger charge is 2.25. The summed E-state index contributed by atoms with van der Waals surface area (Å²) in [6.07, 6.45) is 0. The maximum absolute atomic E-state index is 12.7. The van der Waals surface area contributed by atoms with E-state index in [1.54, 1.807) is 44.1 Å². The van der Waals surface area contributed by atoms with Crippen LogP contribution in [0, 0.1) is 6.92 Å². The van der Waals surface area contributed by atoms with Gasteiger partial charge in [0.15, 0.2) is 9.34 Å². The van der Waals surface area contributed by atoms with E-state index < -0.39 is 15.9 Å². The maximum atomic E-state index is 12.7. The van der Waals surface area contributed by atoms with Crippen LogP contribution in [-0.2, 0) is 16.6 Å². The number of carbonyl (C=O) groups excluding carboxylic acids is 1. The van der Waals surface area contributed by atoms with Crippen molar-refractivity contribution < 1.29 is 13.2 Å². The third-order valence-corrected chi connectivity index (χ3v) is 7.48. The summed E-state index contributed by atoms with van der Waals surface area (Å²) in [5, 5.41) is 0.553. The van der Waals surface area contributed by atoms with Crippen molar-refractivity contribution in [2.24, 2.45) is 5.73 Å². The molecule has 0 fully saturated rings. The molecule has 3 rings (SSSR count). The number of anilines is 1. The van der Waals surface area contributed by atoms with Crippen LogP contribution in [0.1, 0.15) is 21.6 Å². The number of hydrogen-bond donors (Lipinski definition) is 2. The van der Waals surface area contributed by atoms with Gasteiger partial charge < -0.3 is 10.6 Å². The Morgan fingerprint density at radius 3 is 2.41 bits per heavy atom. The molecule has 3 aromatic rings. The molecule has 1 aromatic heterocycles. The third kappa shape index (κ3) is 4.64. The number of amides is 1. The number of carbonyl (C=O) groups is 1. The molecule has 0 radical (unpaired) electrons. The summed E-state index contributed by atoms with van der Waals surface area (Å²) in [7, 11) is -0.473. The summed E-state index contributed by atoms with van der Waals surface area (Å²) in [4.78, 5) is 18.6. The second-order valence-corrected chi connectivity index (χ2v) is 9.54. The third-order valence-electron chi connectivity index (χ3n) is 4.22. The largest absolute Gasteiger partial charge is 0.354 e. The lowest BCUT2D eigenvalue weighted by Gasteiger charge is -2.09. The predicted molar refractivity (Wildman–Crippen MR) is 116 cm³/mol. The van der Waals surface area contributed by atoms with Gasteiger partial charge in [-0.3, -0.25) is 4.79 Å². The summed E-state index contributed by atoms with van der Waals surface area (Å²) in [5.41, 5.74) is 8.97. The summed E-state index contributed by atoms with van der Waals surface area (Å²) in [5.74, 6) is -0.693. The van der Waals surface area contributed by atoms with Gasteiger partial charge in [-0.25, -0.2) is 18.1 Å². The molecule has 0 bridgehead atoms. The molecular formula is C20H22N4O3S2. The van der Waals surface area contributed by atoms with E-state index in [4.69, 9.17) is 5.73 Å². The van der Waals surface area contributed by atoms with Crippen LogP contribution < -0.4 is 15.4 Å². The topological polar surface area (TPSA) is 105 Å². The highest BCUT2D eigenvalue weighted by atomic mass is 32.2. The maximum Gasteiger partial charge on any atom is 0.275 e. The zero-order valence-corrected chi connectivity index (χ0v) is 18.0. The molecule has 0 saturated carbocycles. The monoisotopic (exact) mass is 430 g/mol. The van der Waals surface area contributed by atoms with E-state index in [0.717, 1.165) is 28.0 Å². The van der Waals surface area contributed by atoms with Crippen molar-refractivity contribution in [3.8, 4) is 11.1 Å². The minimum Gasteiger partial charge on any atom is -0.354 e. The van der Waals surface area contributed by atoms with Crippen LogP contribution >= 0.6 is 11.3 Å². The molecule has 0 aliphatic heterocycles. The van der Waals surface area contributed by atoms with Gasteiger partial charge in [-0.15, -0.1) is 0 Å². The summed E-state index contributed by atoms with van der Waals surface area (Å²) in [6.45, 7) is 2.02. The van der Waals surface area contributed by atoms with Gasteiger partial charge in [-0.05, 0) is 41.8 Å². The van der Waals surface area contributed by atoms with Gasteiger partial charge in [0.05, 0.1) is 5.69 Å². The molecule has 9 heteroatoms. The van der Waals surface area contributed by atoms with Gasteiger partial charge in [-0.1, -0.05) is 41.7 Å². The molecule has 3 N–H and O–H groups in total. The van der Waals surface area contributed by atoms with Crippen molar-refractivity contribution in [3.63, 3.8) is 0 Å². The lowest BCUT2D eigenvalue weighted by Crippen LogP contribution is -2.30. The van der Waals surface area contributed by atoms with Crippen LogP contribution in [0.3, 0.4) is 0 Å². The molecule has 0 unspecified atom stereocenters. The highest BCUT2D eigenvalue weighted by Crippen LogP contribution is 2.29. The van der Waals surface area contributed by atoms with Crippen molar-refractivity contribution >= 4 is 32.4 Å². The number of hydrogen-bond acceptors (Lipinski definition) is 7. The van der Waals surface area contributed by atoms with E-state index >= 15 is 0 Å². The van der Waals surface area contributed by atoms with Gasteiger partial charge >= 0.3 is 0 Å². The first-order chi connectivity index (χ1) is 13.7. The first-order valence-corrected chi connectivity index (χ1v) is 11.1. The van der Waals surface area contributed by atoms with Gasteiger partial charge in [0.1, 0.15) is 0 Å². The number of nitrogens with one attached hydrogen (secondary N) is 1. The smallest absolute Gasteiger partial charge is 0.275 e. The molecule has 0 spiro atoms. The van der Waals surface area contributed by atoms with E-state index in [-0.39, 0.29) is 9.77 Å². The first-order valence-electron chi connectivity index (χ1n) is 8.82. The number of sulfonamides is 1. The summed E-state index contributed by atoms with van der Waals surface area (Å²) < 4.78 is 27.6. The Balaban J connectivity index is 1.87. The summed E-state index contributed by atoms with van der Waals surface area (Å²) >= 11 is 1.02. The minimum absolute atomic E-state index is 0.0290. The number of aryl methyl sites for hydroxylation is 1. The zero-order valence-electron chi connectivity index (χ0n) is 16.3. The second kappa shape index (κ2) is 8.32. The number of aromatic nitrogens is 1. The van der Waals surface area contributed by atoms with Crippen LogP contribution in [0.15, 0.2) is 52.7 Å². The Morgan fingerprint density at radius 2 is 1.79 bits per heavy atom. The number of benzene rings is 2. The molecule has 152 valence electrons. The number of nitrogens with two attached hydrogens (primary N) is 1. The van der Waals surface area contributed by atoms with Crippen LogP contribution in [0.2, 0.25) is 0 Å². The number of rotatable bonds is 6. The van der Waals surface area contributed by atoms with E-state index in [1.165, 1.54) is 0 Å². The lowest BCUT2D eigenvalue weighted by molar-refractivity contribution is 0.0981. The SMILES string of the molecule is Cc1nc(N(C)C)sc1S(=O)(=O)NC(=O)c1cccc(-c2cccc(CN)c2)c1. The minimum atomic E-state index is -4.03. The van der Waals surface area contributed by atoms with Gasteiger partial charge in [0.25, 0.3) is 15.9 Å². The second-order valence-electron chi connectivity index (χ2n) is 6.68. The van der Waals surface area contributed by atoms with Gasteiger partial charge in [-0.2, -0.15) is 0 Å². The highest BCUT2D eigenvalue weighted by molar-refractivity contribution is 7.92. The molecule has 29 heavy (non-hydrogen) atoms. The molecule has 0 saturated heterocycles. The average molecular weight is 431 g/mol. The summed E-state index contributed by atoms with van der Waals surface area (Å²) in [6, 6.07) is 14.5. The Bertz CT molecular complexity index is 1150. The average Bonchev–Trinajstić information content (AvgIpc) is 3.11. The van der Waals surface area contributed by atoms with Crippen LogP contribution in [0.4, 0.5) is 5.13 Å². The van der Waals surface area contributed by atoms with E-state index in [0.29, 0.717) is 17.4 Å². The molecule has 0 aliphatic rings. The molecular weight excluding hydrogens is 408 g/mol. The zero-order chi connectivity index (χ0) is 21.2. The molecule has 7 nitrogen and oxygen atoms in total. The van der Waals surface area contributed by atoms with Crippen molar-refractivity contribution in [1.29, 1.82) is 0 Å². The number of nitrogens with zero attached hydrogens (tertiary/aromatic N) is 2. The fraction of sp³-hybridized carbons (Fsp3) is 0.200. The Kier molecular flexibility index (Phi) is 6.02. The fourth-order valence-corrected chi connectivity index (χ4v) is 5.16. The fourth-order valence-electron chi connectivity index (χ4n) is 2.75. The van der Waals surface area contributed by atoms with E-state index in [9.17, 15) is 13.2 Å². The van der Waals surface area contributed by atoms with Crippen molar-refractivity contribution in [1.82, 2.24) is 9.71 Å². The first kappa shape index (κ1) is 21.0. The normalized spacial score (nSPS) is 11.3. The van der Waals surface area contributed by atoms with Crippen molar-refractivity contribution in [2.75, 3.05) is 19.0 Å². The standard InChI is InChI=1S/C20H22N4O3S2/c1-13-19(28-20(22-13)24(2)3)29(26,27)23-18(25)17-9-5-8-16(11-17)15-7-4-6-14(10-15)12-21/h4-11H,12,21H2,1-3H3,(H,23,25). The molecule has 1 heterocycles. The molecule has 0 aliphatic carbocycles. The van der Waals surface area contributed by atoms with Crippen LogP contribution in [0.25, 0.3) is 11.1 Å². The molecule has 0 atom stereocenters. The van der Waals surface area contributed by atoms with Gasteiger partial charge in [0.2, 0.25) is 0 Å².